The topological polar surface area (TPSA) is 0 Å². The average Bonchev–Trinajstić information content (AvgIpc) is 2.51. The molecule has 1 unspecified atom stereocenters. The number of unbranched alkanes of at least 4 members (excludes halogenated alkanes) is 1. The van der Waals surface area contributed by atoms with Crippen molar-refractivity contribution in [3.63, 3.8) is 0 Å². The molecule has 0 aromatic rings. The second-order valence-corrected chi connectivity index (χ2v) is 8.77. The molecule has 0 amide bonds. The highest BCUT2D eigenvalue weighted by atomic mass is 32.2. The summed E-state index contributed by atoms with van der Waals surface area (Å²) in [6, 6.07) is 0. The summed E-state index contributed by atoms with van der Waals surface area (Å²) in [6.45, 7) is 1.56. The summed E-state index contributed by atoms with van der Waals surface area (Å²) < 4.78 is 154. The number of hydrogen-bond donors (Lipinski definition) is 2. The first-order valence-electron chi connectivity index (χ1n) is 7.67. The fourth-order valence-electron chi connectivity index (χ4n) is 1.75. The number of allylic oxidation sites excluding steroid dienone is 4. The Balaban J connectivity index is 5.97. The first-order valence-corrected chi connectivity index (χ1v) is 10.4. The molecule has 0 aromatic carbocycles. The van der Waals surface area contributed by atoms with Gasteiger partial charge in [0, 0.05) is 11.0 Å². The van der Waals surface area contributed by atoms with Gasteiger partial charge in [0.1, 0.15) is 19.6 Å². The van der Waals surface area contributed by atoms with E-state index in [9.17, 15) is 52.7 Å². The predicted octanol–water partition coefficient (Wildman–Crippen LogP) is 8.54. The Labute approximate surface area is 183 Å². The van der Waals surface area contributed by atoms with Crippen LogP contribution in [0.2, 0.25) is 0 Å². The summed E-state index contributed by atoms with van der Waals surface area (Å²) in [7, 11) is 0. The third-order valence-corrected chi connectivity index (χ3v) is 7.23. The Morgan fingerprint density at radius 2 is 1.10 bits per heavy atom. The molecule has 178 valence electrons. The first-order chi connectivity index (χ1) is 13.2. The van der Waals surface area contributed by atoms with Gasteiger partial charge in [0.2, 0.25) is 0 Å². The van der Waals surface area contributed by atoms with E-state index in [1.165, 1.54) is 0 Å². The van der Waals surface area contributed by atoms with Gasteiger partial charge in [-0.3, -0.25) is 0 Å². The molecule has 0 aliphatic heterocycles. The highest BCUT2D eigenvalue weighted by molar-refractivity contribution is 8.07. The molecule has 0 aromatic heterocycles. The fourth-order valence-corrected chi connectivity index (χ4v) is 4.75. The van der Waals surface area contributed by atoms with Crippen LogP contribution in [0.1, 0.15) is 26.2 Å². The molecule has 1 atom stereocenters. The van der Waals surface area contributed by atoms with Crippen LogP contribution in [0.4, 0.5) is 52.7 Å². The Bertz CT molecular complexity index is 625. The van der Waals surface area contributed by atoms with E-state index in [1.807, 2.05) is 0 Å². The minimum atomic E-state index is -5.52. The third-order valence-electron chi connectivity index (χ3n) is 3.06. The zero-order valence-electron chi connectivity index (χ0n) is 14.7. The highest BCUT2D eigenvalue weighted by Gasteiger charge is 2.47. The molecule has 30 heavy (non-hydrogen) atoms. The number of halogens is 12. The normalized spacial score (nSPS) is 16.9. The zero-order valence-corrected chi connectivity index (χ0v) is 18.1. The average molecular weight is 539 g/mol. The van der Waals surface area contributed by atoms with E-state index < -0.39 is 78.9 Å². The molecule has 0 bridgehead atoms. The molecule has 0 aliphatic rings. The van der Waals surface area contributed by atoms with Gasteiger partial charge in [-0.25, -0.2) is 0 Å². The van der Waals surface area contributed by atoms with Gasteiger partial charge in [0.25, 0.3) is 0 Å². The lowest BCUT2D eigenvalue weighted by Crippen LogP contribution is -2.22. The van der Waals surface area contributed by atoms with Crippen molar-refractivity contribution in [2.24, 2.45) is 0 Å². The minimum absolute atomic E-state index is 0.120. The van der Waals surface area contributed by atoms with Crippen LogP contribution < -0.4 is 0 Å². The van der Waals surface area contributed by atoms with Crippen LogP contribution in [0.3, 0.4) is 0 Å². The molecular weight excluding hydrogens is 524 g/mol. The standard InChI is InChI=1S/C14H14F12S4/c1-2-3-4-6(30-10(14(24,25)26)8(28)12(18,19)20)5-29-9(13(21,22)23)7(27)11(15,16)17/h6,27-28H,2-5H2,1H3/b9-7-,10-8-. The molecule has 0 radical (unpaired) electrons. The van der Waals surface area contributed by atoms with Gasteiger partial charge >= 0.3 is 24.7 Å². The van der Waals surface area contributed by atoms with E-state index >= 15 is 0 Å². The van der Waals surface area contributed by atoms with Crippen LogP contribution in [-0.4, -0.2) is 35.7 Å². The second kappa shape index (κ2) is 11.3. The monoisotopic (exact) mass is 538 g/mol. The van der Waals surface area contributed by atoms with Crippen molar-refractivity contribution < 1.29 is 52.7 Å². The van der Waals surface area contributed by atoms with E-state index in [0.29, 0.717) is 6.42 Å². The maximum atomic E-state index is 13.1. The van der Waals surface area contributed by atoms with Crippen molar-refractivity contribution in [2.45, 2.75) is 56.1 Å². The maximum Gasteiger partial charge on any atom is 0.423 e. The maximum absolute atomic E-state index is 13.1. The van der Waals surface area contributed by atoms with Crippen molar-refractivity contribution >= 4 is 48.8 Å². The van der Waals surface area contributed by atoms with Crippen LogP contribution >= 0.6 is 48.8 Å². The predicted molar refractivity (Wildman–Crippen MR) is 99.6 cm³/mol. The smallest absolute Gasteiger partial charge is 0.166 e. The lowest BCUT2D eigenvalue weighted by Gasteiger charge is -2.23. The second-order valence-electron chi connectivity index (χ2n) is 5.54. The van der Waals surface area contributed by atoms with Crippen LogP contribution in [0.5, 0.6) is 0 Å². The molecule has 0 nitrogen and oxygen atoms in total. The molecule has 0 spiro atoms. The number of thioether (sulfide) groups is 2. The van der Waals surface area contributed by atoms with Crippen molar-refractivity contribution in [2.75, 3.05) is 5.75 Å². The molecule has 16 heteroatoms. The molecule has 0 heterocycles. The third kappa shape index (κ3) is 10.1. The summed E-state index contributed by atoms with van der Waals surface area (Å²) in [5.41, 5.74) is 0. The number of hydrogen-bond acceptors (Lipinski definition) is 4. The van der Waals surface area contributed by atoms with Crippen molar-refractivity contribution in [3.05, 3.63) is 19.6 Å². The Morgan fingerprint density at radius 1 is 0.700 bits per heavy atom. The molecule has 0 rings (SSSR count). The van der Waals surface area contributed by atoms with Crippen LogP contribution in [0.25, 0.3) is 0 Å². The van der Waals surface area contributed by atoms with E-state index in [2.05, 4.69) is 25.3 Å². The molecule has 0 saturated heterocycles. The lowest BCUT2D eigenvalue weighted by molar-refractivity contribution is -0.103. The zero-order chi connectivity index (χ0) is 24.1. The van der Waals surface area contributed by atoms with Crippen molar-refractivity contribution in [1.82, 2.24) is 0 Å². The molecular formula is C14H14F12S4. The SMILES string of the molecule is CCCCC(CS/C(=C(\S)C(F)(F)F)C(F)(F)F)S/C(=C(\S)C(F)(F)F)C(F)(F)F. The lowest BCUT2D eigenvalue weighted by atomic mass is 10.2. The minimum Gasteiger partial charge on any atom is -0.166 e. The first kappa shape index (κ1) is 30.0. The number of rotatable bonds is 8. The quantitative estimate of drug-likeness (QED) is 0.235. The van der Waals surface area contributed by atoms with E-state index in [-0.39, 0.29) is 12.8 Å². The van der Waals surface area contributed by atoms with E-state index in [1.54, 1.807) is 6.92 Å². The highest BCUT2D eigenvalue weighted by Crippen LogP contribution is 2.48. The van der Waals surface area contributed by atoms with E-state index in [0.717, 1.165) is 0 Å². The number of alkyl halides is 12. The summed E-state index contributed by atoms with van der Waals surface area (Å²) in [6.07, 6.45) is -21.8. The Morgan fingerprint density at radius 3 is 1.43 bits per heavy atom. The summed E-state index contributed by atoms with van der Waals surface area (Å²) in [5.74, 6) is -0.974. The summed E-state index contributed by atoms with van der Waals surface area (Å²) >= 11 is 4.78. The van der Waals surface area contributed by atoms with Crippen molar-refractivity contribution in [1.29, 1.82) is 0 Å². The Hall–Kier alpha value is 0.0400. The molecule has 0 aliphatic carbocycles. The Kier molecular flexibility index (Phi) is 11.3. The molecule has 0 N–H and O–H groups in total. The van der Waals surface area contributed by atoms with Crippen molar-refractivity contribution in [3.8, 4) is 0 Å². The molecule has 0 saturated carbocycles. The van der Waals surface area contributed by atoms with Gasteiger partial charge in [-0.05, 0) is 6.42 Å². The van der Waals surface area contributed by atoms with Gasteiger partial charge < -0.3 is 0 Å². The van der Waals surface area contributed by atoms with Gasteiger partial charge in [-0.1, -0.05) is 19.8 Å². The fraction of sp³-hybridized carbons (Fsp3) is 0.714. The van der Waals surface area contributed by atoms with Crippen LogP contribution in [0, 0.1) is 0 Å². The van der Waals surface area contributed by atoms with Crippen LogP contribution in [-0.2, 0) is 0 Å². The van der Waals surface area contributed by atoms with Gasteiger partial charge in [0.05, 0.1) is 0 Å². The van der Waals surface area contributed by atoms with Gasteiger partial charge in [-0.2, -0.15) is 52.7 Å². The van der Waals surface area contributed by atoms with Gasteiger partial charge in [-0.15, -0.1) is 48.8 Å². The number of thiol groups is 2. The van der Waals surface area contributed by atoms with E-state index in [4.69, 9.17) is 0 Å². The summed E-state index contributed by atoms with van der Waals surface area (Å²) in [4.78, 5) is -8.96. The van der Waals surface area contributed by atoms with Crippen LogP contribution in [0.15, 0.2) is 19.6 Å². The molecule has 0 fully saturated rings. The summed E-state index contributed by atoms with van der Waals surface area (Å²) in [5, 5.41) is -1.51. The van der Waals surface area contributed by atoms with Gasteiger partial charge in [0.15, 0.2) is 0 Å². The largest absolute Gasteiger partial charge is 0.423 e.